The highest BCUT2D eigenvalue weighted by molar-refractivity contribution is 5.76. The maximum absolute atomic E-state index is 4.37. The lowest BCUT2D eigenvalue weighted by Gasteiger charge is -2.21. The Morgan fingerprint density at radius 2 is 1.63 bits per heavy atom. The molecule has 0 aromatic carbocycles. The monoisotopic (exact) mass is 261 g/mol. The first-order chi connectivity index (χ1) is 8.65. The molecule has 3 nitrogen and oxygen atoms in total. The Morgan fingerprint density at radius 1 is 1.05 bits per heavy atom. The topological polar surface area (TPSA) is 29.9 Å². The van der Waals surface area contributed by atoms with Crippen LogP contribution in [0.25, 0.3) is 11.0 Å². The van der Waals surface area contributed by atoms with Crippen molar-refractivity contribution in [2.24, 2.45) is 0 Å². The van der Waals surface area contributed by atoms with Crippen LogP contribution in [0.1, 0.15) is 41.5 Å². The van der Waals surface area contributed by atoms with Crippen molar-refractivity contribution in [3.63, 3.8) is 0 Å². The minimum absolute atomic E-state index is 0.107. The lowest BCUT2D eigenvalue weighted by Crippen LogP contribution is -2.31. The number of nitrogens with zero attached hydrogens (tertiary/aromatic N) is 2. The fourth-order valence-electron chi connectivity index (χ4n) is 1.51. The van der Waals surface area contributed by atoms with Crippen LogP contribution in [0.15, 0.2) is 30.6 Å². The lowest BCUT2D eigenvalue weighted by atomic mass is 10.1. The summed E-state index contributed by atoms with van der Waals surface area (Å²) in [6.07, 6.45) is 3.93. The first-order valence-corrected chi connectivity index (χ1v) is 6.76. The van der Waals surface area contributed by atoms with Gasteiger partial charge in [-0.2, -0.15) is 0 Å². The van der Waals surface area contributed by atoms with E-state index in [1.165, 1.54) is 5.39 Å². The zero-order valence-corrected chi connectivity index (χ0v) is 13.3. The van der Waals surface area contributed by atoms with Gasteiger partial charge in [0.25, 0.3) is 0 Å². The maximum atomic E-state index is 4.37. The van der Waals surface area contributed by atoms with Crippen LogP contribution in [-0.4, -0.2) is 22.1 Å². The van der Waals surface area contributed by atoms with Gasteiger partial charge in [-0.25, -0.2) is 4.98 Å². The third-order valence-corrected chi connectivity index (χ3v) is 2.92. The molecule has 2 rings (SSSR count). The average Bonchev–Trinajstić information content (AvgIpc) is 2.72. The third-order valence-electron chi connectivity index (χ3n) is 2.92. The van der Waals surface area contributed by atoms with Crippen LogP contribution in [-0.2, 0) is 5.54 Å². The SMILES string of the molecule is CC(C)(C)n1ccc2cccnc21.CNC(C)(C)C. The molecule has 2 heterocycles. The molecule has 0 aliphatic carbocycles. The molecule has 0 unspecified atom stereocenters. The highest BCUT2D eigenvalue weighted by Gasteiger charge is 2.14. The standard InChI is InChI=1S/C11H14N2.C5H13N/c1-11(2,3)13-8-6-9-5-4-7-12-10(9)13;1-5(2,3)6-4/h4-8H,1-3H3;6H,1-4H3. The molecular weight excluding hydrogens is 234 g/mol. The molecule has 0 spiro atoms. The Bertz CT molecular complexity index is 513. The van der Waals surface area contributed by atoms with Gasteiger partial charge in [0.05, 0.1) is 0 Å². The predicted molar refractivity (Wildman–Crippen MR) is 83.5 cm³/mol. The molecule has 0 bridgehead atoms. The van der Waals surface area contributed by atoms with Crippen molar-refractivity contribution < 1.29 is 0 Å². The second-order valence-electron chi connectivity index (χ2n) is 6.77. The van der Waals surface area contributed by atoms with Crippen LogP contribution < -0.4 is 5.32 Å². The third kappa shape index (κ3) is 4.67. The fraction of sp³-hybridized carbons (Fsp3) is 0.562. The number of hydrogen-bond acceptors (Lipinski definition) is 2. The molecule has 0 amide bonds. The van der Waals surface area contributed by atoms with E-state index in [9.17, 15) is 0 Å². The van der Waals surface area contributed by atoms with Gasteiger partial charge >= 0.3 is 0 Å². The second-order valence-corrected chi connectivity index (χ2v) is 6.77. The van der Waals surface area contributed by atoms with Gasteiger partial charge in [0, 0.05) is 28.9 Å². The van der Waals surface area contributed by atoms with E-state index in [0.717, 1.165) is 5.65 Å². The normalized spacial score (nSPS) is 12.2. The van der Waals surface area contributed by atoms with Gasteiger partial charge in [-0.05, 0) is 66.8 Å². The summed E-state index contributed by atoms with van der Waals surface area (Å²) in [6, 6.07) is 6.16. The van der Waals surface area contributed by atoms with E-state index in [1.807, 2.05) is 19.3 Å². The summed E-state index contributed by atoms with van der Waals surface area (Å²) < 4.78 is 2.20. The van der Waals surface area contributed by atoms with Gasteiger partial charge in [-0.3, -0.25) is 0 Å². The van der Waals surface area contributed by atoms with Crippen molar-refractivity contribution in [2.75, 3.05) is 7.05 Å². The average molecular weight is 261 g/mol. The summed E-state index contributed by atoms with van der Waals surface area (Å²) in [6.45, 7) is 12.9. The van der Waals surface area contributed by atoms with Crippen LogP contribution in [0, 0.1) is 0 Å². The van der Waals surface area contributed by atoms with Gasteiger partial charge in [-0.15, -0.1) is 0 Å². The molecule has 0 atom stereocenters. The molecule has 0 radical (unpaired) electrons. The van der Waals surface area contributed by atoms with E-state index in [1.54, 1.807) is 0 Å². The van der Waals surface area contributed by atoms with E-state index in [2.05, 4.69) is 74.7 Å². The van der Waals surface area contributed by atoms with Gasteiger partial charge in [0.2, 0.25) is 0 Å². The van der Waals surface area contributed by atoms with Crippen molar-refractivity contribution in [1.29, 1.82) is 0 Å². The second kappa shape index (κ2) is 5.74. The summed E-state index contributed by atoms with van der Waals surface area (Å²) in [4.78, 5) is 4.37. The van der Waals surface area contributed by atoms with Crippen LogP contribution >= 0.6 is 0 Å². The van der Waals surface area contributed by atoms with Crippen molar-refractivity contribution >= 4 is 11.0 Å². The number of aromatic nitrogens is 2. The highest BCUT2D eigenvalue weighted by Crippen LogP contribution is 2.21. The molecule has 0 saturated heterocycles. The molecule has 2 aromatic rings. The number of rotatable bonds is 0. The van der Waals surface area contributed by atoms with Gasteiger partial charge in [0.15, 0.2) is 0 Å². The number of hydrogen-bond donors (Lipinski definition) is 1. The Balaban J connectivity index is 0.000000258. The smallest absolute Gasteiger partial charge is 0.140 e. The molecule has 0 fully saturated rings. The Kier molecular flexibility index (Phi) is 4.75. The van der Waals surface area contributed by atoms with E-state index >= 15 is 0 Å². The van der Waals surface area contributed by atoms with Crippen LogP contribution in [0.4, 0.5) is 0 Å². The van der Waals surface area contributed by atoms with E-state index in [-0.39, 0.29) is 5.54 Å². The molecule has 0 aliphatic heterocycles. The van der Waals surface area contributed by atoms with Gasteiger partial charge in [-0.1, -0.05) is 0 Å². The molecule has 3 heteroatoms. The van der Waals surface area contributed by atoms with E-state index in [4.69, 9.17) is 0 Å². The van der Waals surface area contributed by atoms with Crippen LogP contribution in [0.2, 0.25) is 0 Å². The quantitative estimate of drug-likeness (QED) is 0.782. The number of fused-ring (bicyclic) bond motifs is 1. The Morgan fingerprint density at radius 3 is 2.11 bits per heavy atom. The minimum Gasteiger partial charge on any atom is -0.327 e. The number of pyridine rings is 1. The van der Waals surface area contributed by atoms with E-state index < -0.39 is 0 Å². The van der Waals surface area contributed by atoms with Crippen molar-refractivity contribution in [3.05, 3.63) is 30.6 Å². The molecule has 1 N–H and O–H groups in total. The van der Waals surface area contributed by atoms with E-state index in [0.29, 0.717) is 5.54 Å². The largest absolute Gasteiger partial charge is 0.327 e. The maximum Gasteiger partial charge on any atom is 0.140 e. The van der Waals surface area contributed by atoms with Crippen molar-refractivity contribution in [2.45, 2.75) is 52.6 Å². The summed E-state index contributed by atoms with van der Waals surface area (Å²) in [5, 5.41) is 4.31. The molecule has 19 heavy (non-hydrogen) atoms. The summed E-state index contributed by atoms with van der Waals surface area (Å²) in [7, 11) is 1.96. The molecule has 0 saturated carbocycles. The lowest BCUT2D eigenvalue weighted by molar-refractivity contribution is 0.408. The molecular formula is C16H27N3. The zero-order valence-electron chi connectivity index (χ0n) is 13.3. The van der Waals surface area contributed by atoms with Crippen molar-refractivity contribution in [1.82, 2.24) is 14.9 Å². The minimum atomic E-state index is 0.107. The molecule has 106 valence electrons. The van der Waals surface area contributed by atoms with Gasteiger partial charge in [0.1, 0.15) is 5.65 Å². The predicted octanol–water partition coefficient (Wildman–Crippen LogP) is 3.80. The fourth-order valence-corrected chi connectivity index (χ4v) is 1.51. The highest BCUT2D eigenvalue weighted by atomic mass is 15.1. The van der Waals surface area contributed by atoms with Crippen LogP contribution in [0.5, 0.6) is 0 Å². The number of nitrogens with one attached hydrogen (secondary N) is 1. The van der Waals surface area contributed by atoms with Crippen LogP contribution in [0.3, 0.4) is 0 Å². The Labute approximate surface area is 117 Å². The summed E-state index contributed by atoms with van der Waals surface area (Å²) in [5.41, 5.74) is 1.46. The summed E-state index contributed by atoms with van der Waals surface area (Å²) >= 11 is 0. The first-order valence-electron chi connectivity index (χ1n) is 6.76. The summed E-state index contributed by atoms with van der Waals surface area (Å²) in [5.74, 6) is 0. The van der Waals surface area contributed by atoms with Crippen molar-refractivity contribution in [3.8, 4) is 0 Å². The first kappa shape index (κ1) is 15.7. The van der Waals surface area contributed by atoms with Gasteiger partial charge < -0.3 is 9.88 Å². The molecule has 2 aromatic heterocycles. The zero-order chi connectivity index (χ0) is 14.7. The Hall–Kier alpha value is -1.35. The molecule has 0 aliphatic rings.